The quantitative estimate of drug-likeness (QED) is 0.323. The molecule has 3 aliphatic rings. The Morgan fingerprint density at radius 1 is 1.13 bits per heavy atom. The van der Waals surface area contributed by atoms with Crippen LogP contribution in [0.1, 0.15) is 44.5 Å². The zero-order valence-electron chi connectivity index (χ0n) is 27.4. The highest BCUT2D eigenvalue weighted by Gasteiger charge is 2.43. The van der Waals surface area contributed by atoms with Gasteiger partial charge in [0.05, 0.1) is 31.1 Å². The molecule has 3 atom stereocenters. The first-order valence-electron chi connectivity index (χ1n) is 16.4. The average Bonchev–Trinajstić information content (AvgIpc) is 3.53. The Bertz CT molecular complexity index is 1820. The summed E-state index contributed by atoms with van der Waals surface area (Å²) in [7, 11) is 0. The van der Waals surface area contributed by atoms with Crippen LogP contribution in [0.4, 0.5) is 10.1 Å². The number of pyridine rings is 1. The van der Waals surface area contributed by atoms with E-state index in [4.69, 9.17) is 9.84 Å². The molecule has 0 aliphatic carbocycles. The van der Waals surface area contributed by atoms with Gasteiger partial charge in [-0.25, -0.2) is 23.6 Å². The fourth-order valence-corrected chi connectivity index (χ4v) is 7.27. The number of anilines is 1. The van der Waals surface area contributed by atoms with Crippen molar-refractivity contribution in [2.24, 2.45) is 0 Å². The predicted molar refractivity (Wildman–Crippen MR) is 176 cm³/mol. The molecule has 1 N–H and O–H groups in total. The van der Waals surface area contributed by atoms with Gasteiger partial charge in [0.15, 0.2) is 5.65 Å². The van der Waals surface area contributed by atoms with E-state index in [2.05, 4.69) is 52.8 Å². The third kappa shape index (κ3) is 6.08. The van der Waals surface area contributed by atoms with Crippen molar-refractivity contribution in [2.45, 2.75) is 57.7 Å². The summed E-state index contributed by atoms with van der Waals surface area (Å²) in [6.07, 6.45) is 3.52. The second-order valence-corrected chi connectivity index (χ2v) is 13.8. The summed E-state index contributed by atoms with van der Waals surface area (Å²) >= 11 is 0. The molecule has 7 rings (SSSR count). The summed E-state index contributed by atoms with van der Waals surface area (Å²) in [6, 6.07) is 10.7. The fraction of sp³-hybridized carbons (Fsp3) is 0.500. The van der Waals surface area contributed by atoms with Crippen molar-refractivity contribution in [2.75, 3.05) is 57.4 Å². The number of amides is 1. The summed E-state index contributed by atoms with van der Waals surface area (Å²) in [4.78, 5) is 43.7. The molecule has 3 aromatic heterocycles. The molecular weight excluding hydrogens is 601 g/mol. The Morgan fingerprint density at radius 3 is 2.64 bits per heavy atom. The van der Waals surface area contributed by atoms with E-state index in [0.29, 0.717) is 30.3 Å². The topological polar surface area (TPSA) is 113 Å². The number of nitrogens with one attached hydrogen (secondary N) is 1. The molecule has 3 aliphatic heterocycles. The number of rotatable bonds is 7. The van der Waals surface area contributed by atoms with Crippen LogP contribution in [0.5, 0.6) is 0 Å². The molecule has 6 heterocycles. The lowest BCUT2D eigenvalue weighted by atomic mass is 9.90. The van der Waals surface area contributed by atoms with Crippen LogP contribution in [0.2, 0.25) is 0 Å². The highest BCUT2D eigenvalue weighted by Crippen LogP contribution is 2.42. The Kier molecular flexibility index (Phi) is 8.41. The molecule has 0 unspecified atom stereocenters. The summed E-state index contributed by atoms with van der Waals surface area (Å²) in [6.45, 7) is 13.9. The number of piperazine rings is 1. The highest BCUT2D eigenvalue weighted by molar-refractivity contribution is 5.98. The van der Waals surface area contributed by atoms with Gasteiger partial charge < -0.3 is 15.0 Å². The minimum atomic E-state index is -0.549. The average molecular weight is 644 g/mol. The van der Waals surface area contributed by atoms with Crippen LogP contribution >= 0.6 is 0 Å². The molecule has 0 saturated carbocycles. The van der Waals surface area contributed by atoms with Gasteiger partial charge in [0.1, 0.15) is 5.82 Å². The number of morpholine rings is 1. The zero-order valence-corrected chi connectivity index (χ0v) is 27.4. The number of carbonyl (C=O) groups excluding carboxylic acids is 1. The number of halogens is 1. The number of fused-ring (bicyclic) bond motifs is 3. The number of aromatic nitrogens is 5. The van der Waals surface area contributed by atoms with Crippen molar-refractivity contribution in [3.8, 4) is 5.95 Å². The molecule has 47 heavy (non-hydrogen) atoms. The monoisotopic (exact) mass is 643 g/mol. The Morgan fingerprint density at radius 2 is 1.89 bits per heavy atom. The summed E-state index contributed by atoms with van der Waals surface area (Å²) in [5.41, 5.74) is 2.53. The Labute approximate surface area is 273 Å². The van der Waals surface area contributed by atoms with Crippen LogP contribution in [0.15, 0.2) is 53.6 Å². The fourth-order valence-electron chi connectivity index (χ4n) is 7.27. The van der Waals surface area contributed by atoms with Gasteiger partial charge in [-0.15, -0.1) is 9.78 Å². The predicted octanol–water partition coefficient (Wildman–Crippen LogP) is 2.01. The van der Waals surface area contributed by atoms with Gasteiger partial charge in [-0.05, 0) is 43.7 Å². The largest absolute Gasteiger partial charge is 0.379 e. The van der Waals surface area contributed by atoms with Gasteiger partial charge in [0, 0.05) is 80.6 Å². The SMILES string of the molecule is C[C@@H]1CN(CC(=O)N2CC(C)(C)c3c2cc(Cc2ccc(F)cc2)c2nn(-c4ncccn4)c(=O)n32)[C@@H](CN2CCOC[C@H]2C)CN1. The summed E-state index contributed by atoms with van der Waals surface area (Å²) in [5.74, 6) is -0.165. The lowest BCUT2D eigenvalue weighted by molar-refractivity contribution is -0.121. The molecule has 0 radical (unpaired) electrons. The molecule has 12 nitrogen and oxygen atoms in total. The molecule has 2 fully saturated rings. The smallest absolute Gasteiger partial charge is 0.358 e. The first-order valence-corrected chi connectivity index (χ1v) is 16.4. The molecule has 1 amide bonds. The van der Waals surface area contributed by atoms with E-state index in [1.165, 1.54) is 16.8 Å². The molecule has 2 saturated heterocycles. The van der Waals surface area contributed by atoms with E-state index in [1.807, 2.05) is 11.0 Å². The minimum Gasteiger partial charge on any atom is -0.379 e. The van der Waals surface area contributed by atoms with Crippen molar-refractivity contribution in [3.63, 3.8) is 0 Å². The van der Waals surface area contributed by atoms with Gasteiger partial charge in [0.25, 0.3) is 5.95 Å². The number of hydrogen-bond donors (Lipinski definition) is 1. The Hall–Kier alpha value is -4.04. The lowest BCUT2D eigenvalue weighted by Crippen LogP contribution is -2.62. The van der Waals surface area contributed by atoms with E-state index < -0.39 is 11.1 Å². The van der Waals surface area contributed by atoms with Crippen LogP contribution in [0, 0.1) is 5.82 Å². The molecule has 1 aromatic carbocycles. The maximum atomic E-state index is 14.4. The third-order valence-electron chi connectivity index (χ3n) is 9.69. The highest BCUT2D eigenvalue weighted by atomic mass is 19.1. The van der Waals surface area contributed by atoms with E-state index >= 15 is 0 Å². The number of carbonyl (C=O) groups is 1. The molecule has 0 bridgehead atoms. The molecule has 248 valence electrons. The molecule has 0 spiro atoms. The summed E-state index contributed by atoms with van der Waals surface area (Å²) in [5, 5.41) is 8.33. The summed E-state index contributed by atoms with van der Waals surface area (Å²) < 4.78 is 22.3. The third-order valence-corrected chi connectivity index (χ3v) is 9.69. The second kappa shape index (κ2) is 12.5. The van der Waals surface area contributed by atoms with Crippen molar-refractivity contribution >= 4 is 17.2 Å². The van der Waals surface area contributed by atoms with Crippen molar-refractivity contribution in [3.05, 3.63) is 81.9 Å². The lowest BCUT2D eigenvalue weighted by Gasteiger charge is -2.43. The van der Waals surface area contributed by atoms with Gasteiger partial charge in [0.2, 0.25) is 5.91 Å². The zero-order chi connectivity index (χ0) is 32.9. The van der Waals surface area contributed by atoms with Crippen LogP contribution < -0.4 is 15.9 Å². The van der Waals surface area contributed by atoms with Crippen molar-refractivity contribution in [1.82, 2.24) is 39.3 Å². The van der Waals surface area contributed by atoms with Crippen LogP contribution in [0.25, 0.3) is 11.6 Å². The number of hydrogen-bond acceptors (Lipinski definition) is 9. The normalized spacial score (nSPS) is 23.3. The van der Waals surface area contributed by atoms with Gasteiger partial charge in [-0.2, -0.15) is 0 Å². The number of nitrogens with zero attached hydrogens (tertiary/aromatic N) is 8. The second-order valence-electron chi connectivity index (χ2n) is 13.8. The minimum absolute atomic E-state index is 0.00938. The molecule has 4 aromatic rings. The van der Waals surface area contributed by atoms with E-state index in [1.54, 1.807) is 35.0 Å². The van der Waals surface area contributed by atoms with E-state index in [0.717, 1.165) is 56.2 Å². The number of ether oxygens (including phenoxy) is 1. The van der Waals surface area contributed by atoms with Crippen LogP contribution in [-0.4, -0.2) is 110 Å². The van der Waals surface area contributed by atoms with Gasteiger partial charge in [-0.1, -0.05) is 26.0 Å². The first-order chi connectivity index (χ1) is 22.6. The first kappa shape index (κ1) is 31.6. The van der Waals surface area contributed by atoms with E-state index in [9.17, 15) is 14.0 Å². The van der Waals surface area contributed by atoms with Gasteiger partial charge in [-0.3, -0.25) is 14.6 Å². The van der Waals surface area contributed by atoms with Gasteiger partial charge >= 0.3 is 5.69 Å². The maximum absolute atomic E-state index is 14.4. The molecular formula is C34H42FN9O3. The maximum Gasteiger partial charge on any atom is 0.358 e. The standard InChI is InChI=1S/C34H42FN9O3/c1-22-17-41(27(16-38-22)18-40-12-13-47-20-23(40)2)19-29(45)42-21-34(3,4)30-28(42)15-25(14-24-6-8-26(35)9-7-24)31-39-44(33(46)43(30)31)32-36-10-5-11-37-32/h5-11,15,22-23,27,38H,12-14,16-21H2,1-4H3/t22-,23-,27-/m1/s1. The number of benzene rings is 1. The van der Waals surface area contributed by atoms with Crippen molar-refractivity contribution in [1.29, 1.82) is 0 Å². The van der Waals surface area contributed by atoms with E-state index in [-0.39, 0.29) is 36.3 Å². The van der Waals surface area contributed by atoms with Crippen LogP contribution in [-0.2, 0) is 21.4 Å². The molecule has 13 heteroatoms. The Balaban J connectivity index is 1.27. The van der Waals surface area contributed by atoms with Crippen LogP contribution in [0.3, 0.4) is 0 Å². The van der Waals surface area contributed by atoms with Crippen molar-refractivity contribution < 1.29 is 13.9 Å².